The topological polar surface area (TPSA) is 0 Å². The molecule has 0 bridgehead atoms. The van der Waals surface area contributed by atoms with Crippen molar-refractivity contribution >= 4 is 14.1 Å². The highest BCUT2D eigenvalue weighted by atomic mass is 28.3. The van der Waals surface area contributed by atoms with Gasteiger partial charge in [-0.05, 0) is 34.7 Å². The van der Waals surface area contributed by atoms with Gasteiger partial charge in [-0.2, -0.15) is 0 Å². The number of benzene rings is 2. The molecule has 2 aromatic carbocycles. The van der Waals surface area contributed by atoms with Crippen LogP contribution in [-0.4, -0.2) is 8.07 Å². The Morgan fingerprint density at radius 2 is 1.58 bits per heavy atom. The highest BCUT2D eigenvalue weighted by Gasteiger charge is 2.39. The summed E-state index contributed by atoms with van der Waals surface area (Å²) in [5.41, 5.74) is 7.42. The summed E-state index contributed by atoms with van der Waals surface area (Å²) in [4.78, 5) is 0. The van der Waals surface area contributed by atoms with Gasteiger partial charge in [0.05, 0.1) is 8.07 Å². The molecule has 0 aromatic heterocycles. The van der Waals surface area contributed by atoms with Gasteiger partial charge in [0.15, 0.2) is 0 Å². The third kappa shape index (κ3) is 2.80. The second-order valence-electron chi connectivity index (χ2n) is 8.86. The smallest absolute Gasteiger partial charge is 0.0707 e. The van der Waals surface area contributed by atoms with Crippen molar-refractivity contribution in [2.45, 2.75) is 58.7 Å². The molecule has 2 aromatic rings. The number of hydrogen-bond donors (Lipinski definition) is 0. The summed E-state index contributed by atoms with van der Waals surface area (Å²) < 4.78 is 0. The molecular formula is C23H30Si. The van der Waals surface area contributed by atoms with Gasteiger partial charge in [0.1, 0.15) is 0 Å². The second kappa shape index (κ2) is 5.74. The SMILES string of the molecule is Cc1cc2c(cc1C(C)c1ccccc1)C=C([Si](C)(C)C)C2(C)C. The fourth-order valence-corrected chi connectivity index (χ4v) is 7.02. The first-order valence-electron chi connectivity index (χ1n) is 9.05. The fourth-order valence-electron chi connectivity index (χ4n) is 4.43. The summed E-state index contributed by atoms with van der Waals surface area (Å²) in [7, 11) is -1.32. The Kier molecular flexibility index (Phi) is 4.12. The molecule has 3 rings (SSSR count). The maximum Gasteiger partial charge on any atom is 0.0736 e. The lowest BCUT2D eigenvalue weighted by atomic mass is 9.82. The van der Waals surface area contributed by atoms with E-state index in [2.05, 4.69) is 95.9 Å². The lowest BCUT2D eigenvalue weighted by molar-refractivity contribution is 0.661. The minimum absolute atomic E-state index is 0.180. The Labute approximate surface area is 148 Å². The van der Waals surface area contributed by atoms with E-state index in [1.807, 2.05) is 0 Å². The van der Waals surface area contributed by atoms with Crippen molar-refractivity contribution in [2.24, 2.45) is 0 Å². The van der Waals surface area contributed by atoms with Gasteiger partial charge in [0.25, 0.3) is 0 Å². The lowest BCUT2D eigenvalue weighted by Gasteiger charge is -2.33. The van der Waals surface area contributed by atoms with Crippen LogP contribution >= 0.6 is 0 Å². The molecule has 24 heavy (non-hydrogen) atoms. The van der Waals surface area contributed by atoms with E-state index in [1.165, 1.54) is 27.8 Å². The van der Waals surface area contributed by atoms with E-state index in [-0.39, 0.29) is 5.41 Å². The Balaban J connectivity index is 2.11. The van der Waals surface area contributed by atoms with Crippen molar-refractivity contribution in [1.82, 2.24) is 0 Å². The van der Waals surface area contributed by atoms with Crippen molar-refractivity contribution < 1.29 is 0 Å². The Bertz CT molecular complexity index is 789. The van der Waals surface area contributed by atoms with Gasteiger partial charge >= 0.3 is 0 Å². The van der Waals surface area contributed by atoms with Gasteiger partial charge in [-0.3, -0.25) is 0 Å². The highest BCUT2D eigenvalue weighted by molar-refractivity contribution is 6.84. The van der Waals surface area contributed by atoms with E-state index in [4.69, 9.17) is 0 Å². The molecule has 126 valence electrons. The monoisotopic (exact) mass is 334 g/mol. The minimum atomic E-state index is -1.32. The van der Waals surface area contributed by atoms with Gasteiger partial charge in [-0.1, -0.05) is 94.1 Å². The van der Waals surface area contributed by atoms with Crippen molar-refractivity contribution in [3.8, 4) is 0 Å². The number of fused-ring (bicyclic) bond motifs is 1. The van der Waals surface area contributed by atoms with Gasteiger partial charge in [0.2, 0.25) is 0 Å². The molecule has 0 aliphatic heterocycles. The zero-order valence-corrected chi connectivity index (χ0v) is 17.2. The van der Waals surface area contributed by atoms with Crippen molar-refractivity contribution in [3.63, 3.8) is 0 Å². The molecule has 0 heterocycles. The quantitative estimate of drug-likeness (QED) is 0.548. The molecule has 0 fully saturated rings. The summed E-state index contributed by atoms with van der Waals surface area (Å²) in [6.07, 6.45) is 2.50. The number of rotatable bonds is 3. The largest absolute Gasteiger partial charge is 0.0736 e. The molecule has 1 aliphatic rings. The Hall–Kier alpha value is -1.60. The maximum atomic E-state index is 2.50. The van der Waals surface area contributed by atoms with Crippen LogP contribution in [-0.2, 0) is 5.41 Å². The van der Waals surface area contributed by atoms with Gasteiger partial charge < -0.3 is 0 Å². The van der Waals surface area contributed by atoms with Crippen LogP contribution in [0.25, 0.3) is 6.08 Å². The predicted molar refractivity (Wildman–Crippen MR) is 109 cm³/mol. The van der Waals surface area contributed by atoms with Gasteiger partial charge in [-0.15, -0.1) is 0 Å². The molecular weight excluding hydrogens is 304 g/mol. The molecule has 0 nitrogen and oxygen atoms in total. The second-order valence-corrected chi connectivity index (χ2v) is 13.9. The van der Waals surface area contributed by atoms with Crippen molar-refractivity contribution in [1.29, 1.82) is 0 Å². The van der Waals surface area contributed by atoms with Crippen LogP contribution < -0.4 is 0 Å². The van der Waals surface area contributed by atoms with Crippen molar-refractivity contribution in [3.05, 3.63) is 75.5 Å². The molecule has 0 saturated carbocycles. The highest BCUT2D eigenvalue weighted by Crippen LogP contribution is 2.46. The zero-order valence-electron chi connectivity index (χ0n) is 16.2. The zero-order chi connectivity index (χ0) is 17.7. The fraction of sp³-hybridized carbons (Fsp3) is 0.391. The van der Waals surface area contributed by atoms with Crippen LogP contribution in [0.4, 0.5) is 0 Å². The first kappa shape index (κ1) is 17.2. The molecule has 0 radical (unpaired) electrons. The van der Waals surface area contributed by atoms with E-state index in [0.29, 0.717) is 5.92 Å². The number of allylic oxidation sites excluding steroid dienone is 1. The number of hydrogen-bond acceptors (Lipinski definition) is 0. The molecule has 1 heteroatoms. The van der Waals surface area contributed by atoms with Gasteiger partial charge in [-0.25, -0.2) is 0 Å². The summed E-state index contributed by atoms with van der Waals surface area (Å²) in [5.74, 6) is 0.434. The van der Waals surface area contributed by atoms with Crippen LogP contribution in [0, 0.1) is 6.92 Å². The average molecular weight is 335 g/mol. The molecule has 0 spiro atoms. The molecule has 1 atom stereocenters. The summed E-state index contributed by atoms with van der Waals surface area (Å²) in [6.45, 7) is 16.8. The number of aryl methyl sites for hydroxylation is 1. The molecule has 1 aliphatic carbocycles. The predicted octanol–water partition coefficient (Wildman–Crippen LogP) is 6.70. The van der Waals surface area contributed by atoms with E-state index in [9.17, 15) is 0 Å². The van der Waals surface area contributed by atoms with Crippen LogP contribution in [0.5, 0.6) is 0 Å². The normalized spacial score (nSPS) is 17.4. The average Bonchev–Trinajstić information content (AvgIpc) is 2.78. The van der Waals surface area contributed by atoms with E-state index in [0.717, 1.165) is 0 Å². The first-order valence-corrected chi connectivity index (χ1v) is 12.5. The minimum Gasteiger partial charge on any atom is -0.0707 e. The Morgan fingerprint density at radius 1 is 0.958 bits per heavy atom. The van der Waals surface area contributed by atoms with Crippen LogP contribution in [0.2, 0.25) is 19.6 Å². The van der Waals surface area contributed by atoms with Crippen LogP contribution in [0.15, 0.2) is 47.7 Å². The van der Waals surface area contributed by atoms with Crippen molar-refractivity contribution in [2.75, 3.05) is 0 Å². The molecule has 0 N–H and O–H groups in total. The Morgan fingerprint density at radius 3 is 2.17 bits per heavy atom. The van der Waals surface area contributed by atoms with E-state index >= 15 is 0 Å². The summed E-state index contributed by atoms with van der Waals surface area (Å²) in [6, 6.07) is 15.8. The first-order chi connectivity index (χ1) is 11.1. The van der Waals surface area contributed by atoms with Crippen LogP contribution in [0.3, 0.4) is 0 Å². The molecule has 0 amide bonds. The molecule has 1 unspecified atom stereocenters. The van der Waals surface area contributed by atoms with Crippen LogP contribution in [0.1, 0.15) is 54.5 Å². The van der Waals surface area contributed by atoms with Gasteiger partial charge in [0, 0.05) is 11.3 Å². The molecule has 0 saturated heterocycles. The standard InChI is InChI=1S/C23H30Si/c1-16-13-21-19(15-22(23(21,3)4)24(5,6)7)14-20(16)17(2)18-11-9-8-10-12-18/h8-15,17H,1-7H3. The summed E-state index contributed by atoms with van der Waals surface area (Å²) in [5, 5.41) is 1.67. The van der Waals surface area contributed by atoms with E-state index < -0.39 is 8.07 Å². The third-order valence-electron chi connectivity index (χ3n) is 5.66. The maximum absolute atomic E-state index is 2.50. The van der Waals surface area contributed by atoms with E-state index in [1.54, 1.807) is 5.20 Å². The summed E-state index contributed by atoms with van der Waals surface area (Å²) >= 11 is 0. The lowest BCUT2D eigenvalue weighted by Crippen LogP contribution is -2.34. The third-order valence-corrected chi connectivity index (χ3v) is 8.04.